The Labute approximate surface area is 113 Å². The van der Waals surface area contributed by atoms with Crippen LogP contribution in [0.1, 0.15) is 18.4 Å². The molecule has 0 aromatic heterocycles. The summed E-state index contributed by atoms with van der Waals surface area (Å²) in [5.74, 6) is 0.0226. The molecule has 1 aromatic carbocycles. The second-order valence-electron chi connectivity index (χ2n) is 4.65. The van der Waals surface area contributed by atoms with Crippen LogP contribution in [0, 0.1) is 0 Å². The van der Waals surface area contributed by atoms with Gasteiger partial charge >= 0.3 is 0 Å². The number of carbonyl (C=O) groups excluding carboxylic acids is 1. The van der Waals surface area contributed by atoms with Crippen LogP contribution in [0.5, 0.6) is 0 Å². The minimum absolute atomic E-state index is 0.0271. The lowest BCUT2D eigenvalue weighted by Gasteiger charge is -2.15. The fourth-order valence-electron chi connectivity index (χ4n) is 2.12. The third-order valence-corrected chi connectivity index (χ3v) is 5.03. The van der Waals surface area contributed by atoms with Crippen molar-refractivity contribution in [3.8, 4) is 0 Å². The zero-order valence-corrected chi connectivity index (χ0v) is 11.5. The van der Waals surface area contributed by atoms with Crippen molar-refractivity contribution in [3.05, 3.63) is 29.8 Å². The largest absolute Gasteiger partial charge is 0.342 e. The van der Waals surface area contributed by atoms with Crippen molar-refractivity contribution in [3.63, 3.8) is 0 Å². The van der Waals surface area contributed by atoms with Crippen LogP contribution < -0.4 is 5.73 Å². The van der Waals surface area contributed by atoms with Crippen molar-refractivity contribution >= 4 is 15.7 Å². The van der Waals surface area contributed by atoms with Crippen molar-refractivity contribution in [2.24, 2.45) is 5.73 Å². The number of nitrogens with zero attached hydrogens (tertiary/aromatic N) is 1. The zero-order chi connectivity index (χ0) is 13.9. The number of sulfone groups is 1. The number of hydrogen-bond donors (Lipinski definition) is 1. The van der Waals surface area contributed by atoms with E-state index in [9.17, 15) is 13.2 Å². The van der Waals surface area contributed by atoms with E-state index in [4.69, 9.17) is 5.73 Å². The SMILES string of the molecule is NCc1ccc(S(=O)(=O)CCN2CCCC2=O)cc1. The van der Waals surface area contributed by atoms with E-state index in [0.29, 0.717) is 19.5 Å². The van der Waals surface area contributed by atoms with E-state index >= 15 is 0 Å². The Kier molecular flexibility index (Phi) is 4.21. The molecule has 1 aliphatic heterocycles. The topological polar surface area (TPSA) is 80.5 Å². The molecule has 0 bridgehead atoms. The van der Waals surface area contributed by atoms with Crippen LogP contribution >= 0.6 is 0 Å². The predicted molar refractivity (Wildman–Crippen MR) is 72.2 cm³/mol. The molecule has 19 heavy (non-hydrogen) atoms. The Morgan fingerprint density at radius 2 is 1.89 bits per heavy atom. The molecular weight excluding hydrogens is 264 g/mol. The molecule has 1 heterocycles. The van der Waals surface area contributed by atoms with Crippen molar-refractivity contribution in [1.29, 1.82) is 0 Å². The molecule has 1 aliphatic rings. The highest BCUT2D eigenvalue weighted by molar-refractivity contribution is 7.91. The molecule has 1 fully saturated rings. The number of nitrogens with two attached hydrogens (primary N) is 1. The highest BCUT2D eigenvalue weighted by Crippen LogP contribution is 2.14. The molecule has 0 aliphatic carbocycles. The summed E-state index contributed by atoms with van der Waals surface area (Å²) >= 11 is 0. The predicted octanol–water partition coefficient (Wildman–Crippen LogP) is 0.541. The normalized spacial score (nSPS) is 16.1. The monoisotopic (exact) mass is 282 g/mol. The first-order chi connectivity index (χ1) is 9.03. The van der Waals surface area contributed by atoms with Gasteiger partial charge in [0.1, 0.15) is 0 Å². The average molecular weight is 282 g/mol. The van der Waals surface area contributed by atoms with Gasteiger partial charge in [0.05, 0.1) is 10.6 Å². The molecule has 104 valence electrons. The quantitative estimate of drug-likeness (QED) is 0.855. The van der Waals surface area contributed by atoms with Crippen LogP contribution in [0.15, 0.2) is 29.2 Å². The van der Waals surface area contributed by atoms with Crippen LogP contribution in [-0.2, 0) is 21.2 Å². The molecule has 6 heteroatoms. The van der Waals surface area contributed by atoms with E-state index in [2.05, 4.69) is 0 Å². The molecular formula is C13H18N2O3S. The van der Waals surface area contributed by atoms with E-state index in [0.717, 1.165) is 12.0 Å². The van der Waals surface area contributed by atoms with Crippen molar-refractivity contribution < 1.29 is 13.2 Å². The molecule has 2 N–H and O–H groups in total. The van der Waals surface area contributed by atoms with Crippen LogP contribution in [0.3, 0.4) is 0 Å². The van der Waals surface area contributed by atoms with Crippen LogP contribution in [0.25, 0.3) is 0 Å². The highest BCUT2D eigenvalue weighted by Gasteiger charge is 2.23. The number of hydrogen-bond acceptors (Lipinski definition) is 4. The maximum Gasteiger partial charge on any atom is 0.222 e. The Balaban J connectivity index is 2.02. The summed E-state index contributed by atoms with van der Waals surface area (Å²) in [4.78, 5) is 13.3. The Morgan fingerprint density at radius 1 is 1.21 bits per heavy atom. The van der Waals surface area contributed by atoms with Gasteiger partial charge in [0, 0.05) is 26.1 Å². The Bertz CT molecular complexity index is 552. The fourth-order valence-corrected chi connectivity index (χ4v) is 3.37. The van der Waals surface area contributed by atoms with Crippen molar-refractivity contribution in [2.45, 2.75) is 24.3 Å². The Morgan fingerprint density at radius 3 is 2.42 bits per heavy atom. The van der Waals surface area contributed by atoms with Gasteiger partial charge in [-0.25, -0.2) is 8.42 Å². The van der Waals surface area contributed by atoms with Gasteiger partial charge in [-0.2, -0.15) is 0 Å². The fraction of sp³-hybridized carbons (Fsp3) is 0.462. The second kappa shape index (κ2) is 5.71. The summed E-state index contributed by atoms with van der Waals surface area (Å²) in [6.45, 7) is 1.34. The minimum atomic E-state index is -3.33. The van der Waals surface area contributed by atoms with E-state index in [1.165, 1.54) is 0 Å². The van der Waals surface area contributed by atoms with Gasteiger partial charge in [-0.1, -0.05) is 12.1 Å². The van der Waals surface area contributed by atoms with Gasteiger partial charge in [-0.05, 0) is 24.1 Å². The number of carbonyl (C=O) groups is 1. The van der Waals surface area contributed by atoms with Gasteiger partial charge in [0.2, 0.25) is 5.91 Å². The molecule has 2 rings (SSSR count). The molecule has 0 saturated carbocycles. The first-order valence-corrected chi connectivity index (χ1v) is 7.98. The summed E-state index contributed by atoms with van der Waals surface area (Å²) in [6.07, 6.45) is 1.36. The molecule has 0 radical (unpaired) electrons. The standard InChI is InChI=1S/C13H18N2O3S/c14-10-11-3-5-12(6-4-11)19(17,18)9-8-15-7-1-2-13(15)16/h3-6H,1-2,7-10,14H2. The summed E-state index contributed by atoms with van der Waals surface area (Å²) in [6, 6.07) is 6.58. The van der Waals surface area contributed by atoms with Crippen LogP contribution in [0.2, 0.25) is 0 Å². The van der Waals surface area contributed by atoms with Gasteiger partial charge in [-0.15, -0.1) is 0 Å². The number of amides is 1. The molecule has 1 amide bonds. The molecule has 1 aromatic rings. The molecule has 5 nitrogen and oxygen atoms in total. The van der Waals surface area contributed by atoms with Gasteiger partial charge in [0.15, 0.2) is 9.84 Å². The first kappa shape index (κ1) is 14.0. The summed E-state index contributed by atoms with van der Waals surface area (Å²) in [7, 11) is -3.33. The molecule has 0 unspecified atom stereocenters. The van der Waals surface area contributed by atoms with Gasteiger partial charge < -0.3 is 10.6 Å². The van der Waals surface area contributed by atoms with E-state index in [1.807, 2.05) is 0 Å². The smallest absolute Gasteiger partial charge is 0.222 e. The number of rotatable bonds is 5. The minimum Gasteiger partial charge on any atom is -0.342 e. The van der Waals surface area contributed by atoms with Crippen molar-refractivity contribution in [1.82, 2.24) is 4.90 Å². The maximum atomic E-state index is 12.1. The lowest BCUT2D eigenvalue weighted by Crippen LogP contribution is -2.30. The highest BCUT2D eigenvalue weighted by atomic mass is 32.2. The maximum absolute atomic E-state index is 12.1. The van der Waals surface area contributed by atoms with E-state index in [1.54, 1.807) is 29.2 Å². The number of likely N-dealkylation sites (tertiary alicyclic amines) is 1. The van der Waals surface area contributed by atoms with E-state index in [-0.39, 0.29) is 23.1 Å². The summed E-state index contributed by atoms with van der Waals surface area (Å²) < 4.78 is 24.3. The Hall–Kier alpha value is -1.40. The van der Waals surface area contributed by atoms with E-state index < -0.39 is 9.84 Å². The zero-order valence-electron chi connectivity index (χ0n) is 10.7. The first-order valence-electron chi connectivity index (χ1n) is 6.32. The van der Waals surface area contributed by atoms with Gasteiger partial charge in [-0.3, -0.25) is 4.79 Å². The molecule has 1 saturated heterocycles. The van der Waals surface area contributed by atoms with Crippen molar-refractivity contribution in [2.75, 3.05) is 18.8 Å². The summed E-state index contributed by atoms with van der Waals surface area (Å²) in [5.41, 5.74) is 6.37. The van der Waals surface area contributed by atoms with Crippen LogP contribution in [0.4, 0.5) is 0 Å². The lowest BCUT2D eigenvalue weighted by atomic mass is 10.2. The lowest BCUT2D eigenvalue weighted by molar-refractivity contribution is -0.127. The van der Waals surface area contributed by atoms with Crippen LogP contribution in [-0.4, -0.2) is 38.1 Å². The molecule has 0 spiro atoms. The average Bonchev–Trinajstić information content (AvgIpc) is 2.82. The summed E-state index contributed by atoms with van der Waals surface area (Å²) in [5, 5.41) is 0. The number of benzene rings is 1. The molecule has 0 atom stereocenters. The third kappa shape index (κ3) is 3.33. The second-order valence-corrected chi connectivity index (χ2v) is 6.76. The third-order valence-electron chi connectivity index (χ3n) is 3.32. The van der Waals surface area contributed by atoms with Gasteiger partial charge in [0.25, 0.3) is 0 Å².